The molecule has 1 amide bonds. The van der Waals surface area contributed by atoms with Gasteiger partial charge in [-0.25, -0.2) is 4.79 Å². The number of amides is 1. The van der Waals surface area contributed by atoms with E-state index in [2.05, 4.69) is 37.2 Å². The fourth-order valence-electron chi connectivity index (χ4n) is 1.29. The van der Waals surface area contributed by atoms with Crippen LogP contribution in [0.3, 0.4) is 0 Å². The lowest BCUT2D eigenvalue weighted by Gasteiger charge is -2.17. The van der Waals surface area contributed by atoms with Gasteiger partial charge in [0.15, 0.2) is 0 Å². The zero-order chi connectivity index (χ0) is 12.7. The molecule has 1 atom stereocenters. The van der Waals surface area contributed by atoms with Crippen LogP contribution in [0.5, 0.6) is 0 Å². The molecule has 0 heterocycles. The van der Waals surface area contributed by atoms with Crippen LogP contribution in [0, 0.1) is 0 Å². The van der Waals surface area contributed by atoms with Gasteiger partial charge in [0.25, 0.3) is 0 Å². The largest absolute Gasteiger partial charge is 0.444 e. The highest BCUT2D eigenvalue weighted by atomic mass is 79.9. The summed E-state index contributed by atoms with van der Waals surface area (Å²) in [5.41, 5.74) is 1.05. The van der Waals surface area contributed by atoms with Crippen LogP contribution >= 0.6 is 31.9 Å². The summed E-state index contributed by atoms with van der Waals surface area (Å²) < 4.78 is 5.20. The van der Waals surface area contributed by atoms with Gasteiger partial charge in [-0.05, 0) is 12.5 Å². The van der Waals surface area contributed by atoms with Crippen LogP contribution in [-0.2, 0) is 4.74 Å². The van der Waals surface area contributed by atoms with Gasteiger partial charge in [0.05, 0.1) is 6.04 Å². The van der Waals surface area contributed by atoms with Gasteiger partial charge in [-0.1, -0.05) is 62.2 Å². The number of alkyl carbamates (subject to hydrolysis) is 1. The van der Waals surface area contributed by atoms with E-state index in [0.717, 1.165) is 5.56 Å². The van der Waals surface area contributed by atoms with Crippen molar-refractivity contribution < 1.29 is 9.53 Å². The lowest BCUT2D eigenvalue weighted by Crippen LogP contribution is -2.32. The molecule has 0 aliphatic heterocycles. The second-order valence-corrected chi connectivity index (χ2v) is 4.91. The Labute approximate surface area is 118 Å². The number of hydrogen-bond acceptors (Lipinski definition) is 2. The van der Waals surface area contributed by atoms with Gasteiger partial charge in [-0.3, -0.25) is 0 Å². The lowest BCUT2D eigenvalue weighted by atomic mass is 10.1. The molecule has 17 heavy (non-hydrogen) atoms. The summed E-state index contributed by atoms with van der Waals surface area (Å²) in [4.78, 5) is 11.6. The summed E-state index contributed by atoms with van der Waals surface area (Å²) in [6.07, 6.45) is -0.553. The van der Waals surface area contributed by atoms with Gasteiger partial charge in [0.2, 0.25) is 0 Å². The molecule has 0 aliphatic rings. The normalized spacial score (nSPS) is 12.2. The number of carbonyl (C=O) groups excluding carboxylic acids is 1. The topological polar surface area (TPSA) is 38.3 Å². The second-order valence-electron chi connectivity index (χ2n) is 3.61. The Kier molecular flexibility index (Phi) is 6.58. The van der Waals surface area contributed by atoms with Gasteiger partial charge in [-0.15, -0.1) is 0 Å². The molecule has 0 fully saturated rings. The molecule has 0 saturated heterocycles. The van der Waals surface area contributed by atoms with E-state index in [-0.39, 0.29) is 12.1 Å². The first-order chi connectivity index (χ1) is 8.17. The summed E-state index contributed by atoms with van der Waals surface area (Å²) >= 11 is 6.56. The highest BCUT2D eigenvalue weighted by molar-refractivity contribution is 9.09. The fraction of sp³-hybridized carbons (Fsp3) is 0.417. The molecule has 0 bridgehead atoms. The van der Waals surface area contributed by atoms with Crippen molar-refractivity contribution in [1.29, 1.82) is 0 Å². The van der Waals surface area contributed by atoms with E-state index >= 15 is 0 Å². The molecule has 94 valence electrons. The minimum absolute atomic E-state index is 0.0602. The van der Waals surface area contributed by atoms with Gasteiger partial charge in [0.1, 0.15) is 6.10 Å². The second kappa shape index (κ2) is 7.71. The number of rotatable bonds is 5. The van der Waals surface area contributed by atoms with E-state index in [1.807, 2.05) is 37.3 Å². The van der Waals surface area contributed by atoms with E-state index in [0.29, 0.717) is 10.7 Å². The highest BCUT2D eigenvalue weighted by Crippen LogP contribution is 2.11. The van der Waals surface area contributed by atoms with Crippen molar-refractivity contribution >= 4 is 38.0 Å². The number of carbonyl (C=O) groups is 1. The van der Waals surface area contributed by atoms with Crippen molar-refractivity contribution in [3.63, 3.8) is 0 Å². The van der Waals surface area contributed by atoms with Crippen LogP contribution in [-0.4, -0.2) is 22.9 Å². The smallest absolute Gasteiger partial charge is 0.407 e. The number of hydrogen-bond donors (Lipinski definition) is 1. The number of halogens is 2. The molecule has 0 spiro atoms. The molecule has 1 aromatic rings. The number of benzene rings is 1. The first kappa shape index (κ1) is 14.5. The predicted octanol–water partition coefficient (Wildman–Crippen LogP) is 3.63. The molecular formula is C12H15Br2NO2. The summed E-state index contributed by atoms with van der Waals surface area (Å²) in [7, 11) is 0. The van der Waals surface area contributed by atoms with Crippen LogP contribution in [0.15, 0.2) is 30.3 Å². The summed E-state index contributed by atoms with van der Waals surface area (Å²) in [5, 5.41) is 4.03. The van der Waals surface area contributed by atoms with Gasteiger partial charge in [-0.2, -0.15) is 0 Å². The van der Waals surface area contributed by atoms with Gasteiger partial charge < -0.3 is 10.1 Å². The maximum Gasteiger partial charge on any atom is 0.407 e. The monoisotopic (exact) mass is 363 g/mol. The van der Waals surface area contributed by atoms with E-state index in [1.54, 1.807) is 0 Å². The van der Waals surface area contributed by atoms with Crippen molar-refractivity contribution in [2.45, 2.75) is 19.1 Å². The van der Waals surface area contributed by atoms with Crippen molar-refractivity contribution in [2.24, 2.45) is 0 Å². The molecule has 0 aliphatic carbocycles. The van der Waals surface area contributed by atoms with Crippen molar-refractivity contribution in [3.8, 4) is 0 Å². The standard InChI is InChI=1S/C12H15Br2NO2/c1-9(10-5-3-2-4-6-10)15-12(16)17-11(7-13)8-14/h2-6,9,11H,7-8H2,1H3,(H,15,16). The number of alkyl halides is 2. The van der Waals surface area contributed by atoms with Crippen molar-refractivity contribution in [3.05, 3.63) is 35.9 Å². The van der Waals surface area contributed by atoms with Crippen LogP contribution in [0.4, 0.5) is 4.79 Å². The summed E-state index contributed by atoms with van der Waals surface area (Å²) in [5.74, 6) is 0. The van der Waals surface area contributed by atoms with Gasteiger partial charge in [0, 0.05) is 10.7 Å². The minimum atomic E-state index is -0.398. The molecule has 1 rings (SSSR count). The molecule has 0 saturated carbocycles. The lowest BCUT2D eigenvalue weighted by molar-refractivity contribution is 0.117. The first-order valence-corrected chi connectivity index (χ1v) is 7.55. The Bertz CT molecular complexity index is 342. The third-order valence-electron chi connectivity index (χ3n) is 2.25. The fourth-order valence-corrected chi connectivity index (χ4v) is 2.63. The van der Waals surface area contributed by atoms with E-state index < -0.39 is 6.09 Å². The van der Waals surface area contributed by atoms with Crippen LogP contribution in [0.25, 0.3) is 0 Å². The average Bonchev–Trinajstić information content (AvgIpc) is 2.37. The molecule has 1 N–H and O–H groups in total. The van der Waals surface area contributed by atoms with E-state index in [1.165, 1.54) is 0 Å². The van der Waals surface area contributed by atoms with Crippen LogP contribution < -0.4 is 5.32 Å². The Morgan fingerprint density at radius 1 is 1.29 bits per heavy atom. The third kappa shape index (κ3) is 5.08. The number of ether oxygens (including phenoxy) is 1. The molecule has 1 aromatic carbocycles. The SMILES string of the molecule is CC(NC(=O)OC(CBr)CBr)c1ccccc1. The molecule has 0 radical (unpaired) electrons. The molecule has 0 aromatic heterocycles. The van der Waals surface area contributed by atoms with Crippen molar-refractivity contribution in [1.82, 2.24) is 5.32 Å². The minimum Gasteiger partial charge on any atom is -0.444 e. The van der Waals surface area contributed by atoms with Crippen molar-refractivity contribution in [2.75, 3.05) is 10.7 Å². The quantitative estimate of drug-likeness (QED) is 0.810. The summed E-state index contributed by atoms with van der Waals surface area (Å²) in [6, 6.07) is 9.71. The van der Waals surface area contributed by atoms with Crippen LogP contribution in [0.1, 0.15) is 18.5 Å². The Hall–Kier alpha value is -0.550. The maximum absolute atomic E-state index is 11.6. The van der Waals surface area contributed by atoms with Gasteiger partial charge >= 0.3 is 6.09 Å². The zero-order valence-corrected chi connectivity index (χ0v) is 12.7. The molecule has 5 heteroatoms. The third-order valence-corrected chi connectivity index (χ3v) is 3.70. The van der Waals surface area contributed by atoms with E-state index in [9.17, 15) is 4.79 Å². The molecular weight excluding hydrogens is 350 g/mol. The van der Waals surface area contributed by atoms with Crippen LogP contribution in [0.2, 0.25) is 0 Å². The predicted molar refractivity (Wildman–Crippen MR) is 75.8 cm³/mol. The highest BCUT2D eigenvalue weighted by Gasteiger charge is 2.14. The van der Waals surface area contributed by atoms with E-state index in [4.69, 9.17) is 4.74 Å². The zero-order valence-electron chi connectivity index (χ0n) is 9.53. The average molecular weight is 365 g/mol. The summed E-state index contributed by atoms with van der Waals surface area (Å²) in [6.45, 7) is 1.92. The molecule has 1 unspecified atom stereocenters. The molecule has 3 nitrogen and oxygen atoms in total. The Morgan fingerprint density at radius 3 is 2.41 bits per heavy atom. The Balaban J connectivity index is 2.46. The number of nitrogens with one attached hydrogen (secondary N) is 1. The first-order valence-electron chi connectivity index (χ1n) is 5.31. The maximum atomic E-state index is 11.6. The Morgan fingerprint density at radius 2 is 1.88 bits per heavy atom.